The minimum Gasteiger partial charge on any atom is -0.379 e. The first kappa shape index (κ1) is 16.5. The van der Waals surface area contributed by atoms with Gasteiger partial charge in [0.25, 0.3) is 0 Å². The van der Waals surface area contributed by atoms with Gasteiger partial charge in [0.2, 0.25) is 0 Å². The van der Waals surface area contributed by atoms with Crippen LogP contribution in [0.4, 0.5) is 4.79 Å². The summed E-state index contributed by atoms with van der Waals surface area (Å²) < 4.78 is 5.46. The SMILES string of the molecule is O=C(NCc1ccccn1)NC[C@@]1(N2CCOCC2)CCSC1. The van der Waals surface area contributed by atoms with Crippen molar-refractivity contribution in [1.29, 1.82) is 0 Å². The van der Waals surface area contributed by atoms with Gasteiger partial charge in [0.1, 0.15) is 0 Å². The average Bonchev–Trinajstić information content (AvgIpc) is 3.10. The molecule has 0 unspecified atom stereocenters. The van der Waals surface area contributed by atoms with E-state index in [1.807, 2.05) is 30.0 Å². The molecule has 7 heteroatoms. The Balaban J connectivity index is 1.49. The van der Waals surface area contributed by atoms with E-state index in [-0.39, 0.29) is 11.6 Å². The Morgan fingerprint density at radius 1 is 1.35 bits per heavy atom. The minimum atomic E-state index is -0.125. The molecule has 0 saturated carbocycles. The maximum absolute atomic E-state index is 12.1. The Labute approximate surface area is 141 Å². The second-order valence-corrected chi connectivity index (χ2v) is 7.09. The van der Waals surface area contributed by atoms with E-state index in [1.54, 1.807) is 6.20 Å². The number of carbonyl (C=O) groups excluding carboxylic acids is 1. The number of hydrogen-bond donors (Lipinski definition) is 2. The van der Waals surface area contributed by atoms with Crippen molar-refractivity contribution in [1.82, 2.24) is 20.5 Å². The van der Waals surface area contributed by atoms with E-state index in [1.165, 1.54) is 0 Å². The van der Waals surface area contributed by atoms with Crippen LogP contribution in [0, 0.1) is 0 Å². The highest BCUT2D eigenvalue weighted by Gasteiger charge is 2.40. The minimum absolute atomic E-state index is 0.0801. The van der Waals surface area contributed by atoms with E-state index in [9.17, 15) is 4.79 Å². The summed E-state index contributed by atoms with van der Waals surface area (Å²) in [5, 5.41) is 5.94. The molecule has 0 spiro atoms. The van der Waals surface area contributed by atoms with E-state index in [4.69, 9.17) is 4.74 Å². The Bertz CT molecular complexity index is 502. The van der Waals surface area contributed by atoms with E-state index in [0.717, 1.165) is 49.9 Å². The van der Waals surface area contributed by atoms with E-state index in [0.29, 0.717) is 13.1 Å². The first-order chi connectivity index (χ1) is 11.3. The van der Waals surface area contributed by atoms with Gasteiger partial charge in [-0.05, 0) is 24.3 Å². The molecule has 1 aromatic rings. The number of aromatic nitrogens is 1. The van der Waals surface area contributed by atoms with Gasteiger partial charge in [0.05, 0.1) is 25.5 Å². The number of rotatable bonds is 5. The summed E-state index contributed by atoms with van der Waals surface area (Å²) in [6.07, 6.45) is 2.86. The van der Waals surface area contributed by atoms with Crippen molar-refractivity contribution in [3.05, 3.63) is 30.1 Å². The van der Waals surface area contributed by atoms with Crippen LogP contribution in [-0.4, -0.2) is 65.8 Å². The van der Waals surface area contributed by atoms with Gasteiger partial charge in [-0.2, -0.15) is 11.8 Å². The van der Waals surface area contributed by atoms with E-state index < -0.39 is 0 Å². The second-order valence-electron chi connectivity index (χ2n) is 5.98. The molecule has 3 rings (SSSR count). The molecule has 2 aliphatic rings. The molecular weight excluding hydrogens is 312 g/mol. The highest BCUT2D eigenvalue weighted by Crippen LogP contribution is 2.33. The molecule has 2 N–H and O–H groups in total. The summed E-state index contributed by atoms with van der Waals surface area (Å²) in [4.78, 5) is 18.8. The van der Waals surface area contributed by atoms with Crippen LogP contribution in [0.15, 0.2) is 24.4 Å². The fraction of sp³-hybridized carbons (Fsp3) is 0.625. The average molecular weight is 336 g/mol. The number of urea groups is 1. The van der Waals surface area contributed by atoms with Gasteiger partial charge in [-0.15, -0.1) is 0 Å². The normalized spacial score (nSPS) is 25.2. The number of thioether (sulfide) groups is 1. The van der Waals surface area contributed by atoms with Crippen LogP contribution in [0.2, 0.25) is 0 Å². The number of nitrogens with one attached hydrogen (secondary N) is 2. The smallest absolute Gasteiger partial charge is 0.315 e. The molecule has 2 fully saturated rings. The first-order valence-electron chi connectivity index (χ1n) is 8.11. The molecule has 23 heavy (non-hydrogen) atoms. The molecule has 2 amide bonds. The van der Waals surface area contributed by atoms with Gasteiger partial charge in [-0.25, -0.2) is 4.79 Å². The molecule has 0 aliphatic carbocycles. The highest BCUT2D eigenvalue weighted by atomic mass is 32.2. The Morgan fingerprint density at radius 3 is 2.91 bits per heavy atom. The quantitative estimate of drug-likeness (QED) is 0.843. The lowest BCUT2D eigenvalue weighted by molar-refractivity contribution is -0.0124. The maximum atomic E-state index is 12.1. The predicted molar refractivity (Wildman–Crippen MR) is 91.5 cm³/mol. The monoisotopic (exact) mass is 336 g/mol. The molecular formula is C16H24N4O2S. The summed E-state index contributed by atoms with van der Waals surface area (Å²) in [7, 11) is 0. The summed E-state index contributed by atoms with van der Waals surface area (Å²) in [6, 6.07) is 5.57. The van der Waals surface area contributed by atoms with Gasteiger partial charge in [0.15, 0.2) is 0 Å². The molecule has 0 radical (unpaired) electrons. The molecule has 0 aromatic carbocycles. The van der Waals surface area contributed by atoms with Crippen LogP contribution in [0.25, 0.3) is 0 Å². The van der Waals surface area contributed by atoms with Crippen LogP contribution in [0.3, 0.4) is 0 Å². The number of carbonyl (C=O) groups is 1. The van der Waals surface area contributed by atoms with Crippen molar-refractivity contribution in [2.24, 2.45) is 0 Å². The maximum Gasteiger partial charge on any atom is 0.315 e. The fourth-order valence-electron chi connectivity index (χ4n) is 3.12. The van der Waals surface area contributed by atoms with Crippen LogP contribution in [0.5, 0.6) is 0 Å². The van der Waals surface area contributed by atoms with Crippen LogP contribution >= 0.6 is 11.8 Å². The number of ether oxygens (including phenoxy) is 1. The van der Waals surface area contributed by atoms with Crippen molar-refractivity contribution < 1.29 is 9.53 Å². The predicted octanol–water partition coefficient (Wildman–Crippen LogP) is 1.09. The molecule has 3 heterocycles. The molecule has 126 valence electrons. The lowest BCUT2D eigenvalue weighted by Crippen LogP contribution is -2.59. The summed E-state index contributed by atoms with van der Waals surface area (Å²) in [5.41, 5.74) is 0.943. The van der Waals surface area contributed by atoms with Crippen molar-refractivity contribution >= 4 is 17.8 Å². The Kier molecular flexibility index (Phi) is 5.75. The molecule has 2 saturated heterocycles. The van der Waals surface area contributed by atoms with Gasteiger partial charge >= 0.3 is 6.03 Å². The zero-order valence-corrected chi connectivity index (χ0v) is 14.1. The highest BCUT2D eigenvalue weighted by molar-refractivity contribution is 7.99. The first-order valence-corrected chi connectivity index (χ1v) is 9.26. The Hall–Kier alpha value is -1.31. The largest absolute Gasteiger partial charge is 0.379 e. The molecule has 6 nitrogen and oxygen atoms in total. The third kappa shape index (κ3) is 4.37. The zero-order valence-electron chi connectivity index (χ0n) is 13.3. The number of pyridine rings is 1. The lowest BCUT2D eigenvalue weighted by atomic mass is 9.95. The van der Waals surface area contributed by atoms with Crippen molar-refractivity contribution in [3.63, 3.8) is 0 Å². The van der Waals surface area contributed by atoms with Crippen LogP contribution in [-0.2, 0) is 11.3 Å². The standard InChI is InChI=1S/C16H24N4O2S/c21-15(18-11-14-3-1-2-5-17-14)19-12-16(4-10-23-13-16)20-6-8-22-9-7-20/h1-3,5H,4,6-13H2,(H2,18,19,21)/t16-/m0/s1. The number of morpholine rings is 1. The number of hydrogen-bond acceptors (Lipinski definition) is 5. The van der Waals surface area contributed by atoms with Gasteiger partial charge in [-0.3, -0.25) is 9.88 Å². The third-order valence-electron chi connectivity index (χ3n) is 4.50. The Morgan fingerprint density at radius 2 is 2.22 bits per heavy atom. The summed E-state index contributed by atoms with van der Waals surface area (Å²) >= 11 is 1.97. The van der Waals surface area contributed by atoms with Crippen molar-refractivity contribution in [2.45, 2.75) is 18.5 Å². The third-order valence-corrected chi connectivity index (χ3v) is 5.73. The lowest BCUT2D eigenvalue weighted by Gasteiger charge is -2.43. The van der Waals surface area contributed by atoms with Gasteiger partial charge < -0.3 is 15.4 Å². The number of amides is 2. The topological polar surface area (TPSA) is 66.5 Å². The molecule has 2 aliphatic heterocycles. The van der Waals surface area contributed by atoms with Gasteiger partial charge in [-0.1, -0.05) is 6.07 Å². The summed E-state index contributed by atoms with van der Waals surface area (Å²) in [6.45, 7) is 4.63. The van der Waals surface area contributed by atoms with Crippen molar-refractivity contribution in [2.75, 3.05) is 44.4 Å². The van der Waals surface area contributed by atoms with Crippen molar-refractivity contribution in [3.8, 4) is 0 Å². The van der Waals surface area contributed by atoms with Crippen LogP contribution < -0.4 is 10.6 Å². The van der Waals surface area contributed by atoms with E-state index >= 15 is 0 Å². The zero-order chi connectivity index (χ0) is 16.0. The fourth-order valence-corrected chi connectivity index (χ4v) is 4.59. The van der Waals surface area contributed by atoms with Gasteiger partial charge in [0, 0.05) is 37.1 Å². The second kappa shape index (κ2) is 7.99. The molecule has 1 atom stereocenters. The summed E-state index contributed by atoms with van der Waals surface area (Å²) in [5.74, 6) is 2.24. The molecule has 0 bridgehead atoms. The van der Waals surface area contributed by atoms with Crippen LogP contribution in [0.1, 0.15) is 12.1 Å². The van der Waals surface area contributed by atoms with E-state index in [2.05, 4.69) is 20.5 Å². The number of nitrogens with zero attached hydrogens (tertiary/aromatic N) is 2. The molecule has 1 aromatic heterocycles.